The van der Waals surface area contributed by atoms with Crippen LogP contribution >= 0.6 is 12.2 Å². The molecule has 0 aliphatic carbocycles. The summed E-state index contributed by atoms with van der Waals surface area (Å²) in [5.74, 6) is 1.13. The van der Waals surface area contributed by atoms with Gasteiger partial charge < -0.3 is 14.8 Å². The molecular weight excluding hydrogens is 396 g/mol. The fourth-order valence-electron chi connectivity index (χ4n) is 2.70. The number of benzene rings is 3. The highest BCUT2D eigenvalue weighted by molar-refractivity contribution is 7.80. The molecule has 0 bridgehead atoms. The van der Waals surface area contributed by atoms with Crippen LogP contribution in [0.1, 0.15) is 29.8 Å². The Bertz CT molecular complexity index is 989. The van der Waals surface area contributed by atoms with Crippen molar-refractivity contribution in [3.05, 3.63) is 90.0 Å². The summed E-state index contributed by atoms with van der Waals surface area (Å²) in [6, 6.07) is 24.3. The molecule has 0 radical (unpaired) electrons. The van der Waals surface area contributed by atoms with Gasteiger partial charge in [-0.1, -0.05) is 36.4 Å². The molecule has 0 saturated carbocycles. The van der Waals surface area contributed by atoms with Gasteiger partial charge in [-0.2, -0.15) is 0 Å². The highest BCUT2D eigenvalue weighted by Gasteiger charge is 2.09. The molecule has 3 aromatic carbocycles. The molecular formula is C24H24N2O3S. The van der Waals surface area contributed by atoms with E-state index in [1.165, 1.54) is 0 Å². The van der Waals surface area contributed by atoms with E-state index in [1.54, 1.807) is 24.3 Å². The van der Waals surface area contributed by atoms with Crippen molar-refractivity contribution in [2.24, 2.45) is 0 Å². The lowest BCUT2D eigenvalue weighted by atomic mass is 10.2. The van der Waals surface area contributed by atoms with E-state index in [1.807, 2.05) is 68.4 Å². The first-order chi connectivity index (χ1) is 14.5. The second-order valence-electron chi connectivity index (χ2n) is 6.90. The number of amides is 1. The van der Waals surface area contributed by atoms with E-state index in [-0.39, 0.29) is 17.1 Å². The molecule has 6 heteroatoms. The maximum Gasteiger partial charge on any atom is 0.257 e. The zero-order valence-electron chi connectivity index (χ0n) is 16.9. The second kappa shape index (κ2) is 10.4. The predicted molar refractivity (Wildman–Crippen MR) is 123 cm³/mol. The Morgan fingerprint density at radius 3 is 2.37 bits per heavy atom. The molecule has 3 rings (SSSR count). The normalized spacial score (nSPS) is 10.4. The van der Waals surface area contributed by atoms with Crippen molar-refractivity contribution >= 4 is 28.9 Å². The van der Waals surface area contributed by atoms with Gasteiger partial charge in [0.25, 0.3) is 5.91 Å². The minimum absolute atomic E-state index is 0.0777. The number of carbonyl (C=O) groups excluding carboxylic acids is 1. The molecule has 0 atom stereocenters. The number of carbonyl (C=O) groups is 1. The first kappa shape index (κ1) is 21.3. The van der Waals surface area contributed by atoms with Crippen molar-refractivity contribution in [3.8, 4) is 11.5 Å². The van der Waals surface area contributed by atoms with Crippen LogP contribution in [0.3, 0.4) is 0 Å². The van der Waals surface area contributed by atoms with Crippen molar-refractivity contribution < 1.29 is 14.3 Å². The summed E-state index contributed by atoms with van der Waals surface area (Å²) in [4.78, 5) is 12.4. The Balaban J connectivity index is 1.53. The minimum atomic E-state index is -0.292. The number of anilines is 1. The molecule has 0 spiro atoms. The summed E-state index contributed by atoms with van der Waals surface area (Å²) in [7, 11) is 0. The molecule has 154 valence electrons. The molecule has 0 aliphatic heterocycles. The topological polar surface area (TPSA) is 59.6 Å². The number of hydrogen-bond acceptors (Lipinski definition) is 4. The SMILES string of the molecule is CC(C)Oc1ccc(C(=O)NC(=S)Nc2cccc(OCc3ccccc3)c2)cc1. The summed E-state index contributed by atoms with van der Waals surface area (Å²) in [6.45, 7) is 4.38. The predicted octanol–water partition coefficient (Wildman–Crippen LogP) is 5.18. The fourth-order valence-corrected chi connectivity index (χ4v) is 2.91. The van der Waals surface area contributed by atoms with Crippen LogP contribution in [0.25, 0.3) is 0 Å². The highest BCUT2D eigenvalue weighted by atomic mass is 32.1. The van der Waals surface area contributed by atoms with E-state index in [0.717, 1.165) is 17.0 Å². The standard InChI is InChI=1S/C24H24N2O3S/c1-17(2)29-21-13-11-19(12-14-21)23(27)26-24(30)25-20-9-6-10-22(15-20)28-16-18-7-4-3-5-8-18/h3-15,17H,16H2,1-2H3,(H2,25,26,27,30). The van der Waals surface area contributed by atoms with E-state index in [2.05, 4.69) is 10.6 Å². The minimum Gasteiger partial charge on any atom is -0.491 e. The van der Waals surface area contributed by atoms with Gasteiger partial charge in [-0.3, -0.25) is 10.1 Å². The van der Waals surface area contributed by atoms with Gasteiger partial charge >= 0.3 is 0 Å². The van der Waals surface area contributed by atoms with Crippen LogP contribution in [0.2, 0.25) is 0 Å². The van der Waals surface area contributed by atoms with Crippen LogP contribution in [0, 0.1) is 0 Å². The van der Waals surface area contributed by atoms with E-state index >= 15 is 0 Å². The Kier molecular flexibility index (Phi) is 7.40. The number of nitrogens with one attached hydrogen (secondary N) is 2. The van der Waals surface area contributed by atoms with Gasteiger partial charge in [-0.05, 0) is 68.0 Å². The van der Waals surface area contributed by atoms with Crippen molar-refractivity contribution in [2.45, 2.75) is 26.6 Å². The third-order valence-electron chi connectivity index (χ3n) is 4.06. The number of ether oxygens (including phenoxy) is 2. The lowest BCUT2D eigenvalue weighted by molar-refractivity contribution is 0.0977. The maximum atomic E-state index is 12.4. The first-order valence-corrected chi connectivity index (χ1v) is 10.1. The number of hydrogen-bond donors (Lipinski definition) is 2. The van der Waals surface area contributed by atoms with Crippen LogP contribution in [0.5, 0.6) is 11.5 Å². The molecule has 5 nitrogen and oxygen atoms in total. The van der Waals surface area contributed by atoms with E-state index in [4.69, 9.17) is 21.7 Å². The van der Waals surface area contributed by atoms with Crippen molar-refractivity contribution in [3.63, 3.8) is 0 Å². The monoisotopic (exact) mass is 420 g/mol. The molecule has 30 heavy (non-hydrogen) atoms. The van der Waals surface area contributed by atoms with Gasteiger partial charge in [0.05, 0.1) is 6.10 Å². The van der Waals surface area contributed by atoms with Crippen LogP contribution in [-0.4, -0.2) is 17.1 Å². The van der Waals surface area contributed by atoms with Crippen LogP contribution < -0.4 is 20.1 Å². The van der Waals surface area contributed by atoms with E-state index in [9.17, 15) is 4.79 Å². The lowest BCUT2D eigenvalue weighted by Gasteiger charge is -2.12. The van der Waals surface area contributed by atoms with Gasteiger partial charge in [-0.15, -0.1) is 0 Å². The lowest BCUT2D eigenvalue weighted by Crippen LogP contribution is -2.34. The summed E-state index contributed by atoms with van der Waals surface area (Å²) in [6.07, 6.45) is 0.0777. The zero-order chi connectivity index (χ0) is 21.3. The summed E-state index contributed by atoms with van der Waals surface area (Å²) < 4.78 is 11.4. The summed E-state index contributed by atoms with van der Waals surface area (Å²) >= 11 is 5.27. The van der Waals surface area contributed by atoms with Gasteiger partial charge in [0.1, 0.15) is 18.1 Å². The Labute approximate surface area is 182 Å². The Hall–Kier alpha value is -3.38. The molecule has 1 amide bonds. The summed E-state index contributed by atoms with van der Waals surface area (Å²) in [5, 5.41) is 5.91. The third-order valence-corrected chi connectivity index (χ3v) is 4.26. The average molecular weight is 421 g/mol. The van der Waals surface area contributed by atoms with Crippen molar-refractivity contribution in [2.75, 3.05) is 5.32 Å². The van der Waals surface area contributed by atoms with Crippen molar-refractivity contribution in [1.29, 1.82) is 0 Å². The smallest absolute Gasteiger partial charge is 0.257 e. The quantitative estimate of drug-likeness (QED) is 0.516. The first-order valence-electron chi connectivity index (χ1n) is 9.65. The van der Waals surface area contributed by atoms with Gasteiger partial charge in [0, 0.05) is 17.3 Å². The molecule has 3 aromatic rings. The average Bonchev–Trinajstić information content (AvgIpc) is 2.73. The second-order valence-corrected chi connectivity index (χ2v) is 7.31. The zero-order valence-corrected chi connectivity index (χ0v) is 17.7. The van der Waals surface area contributed by atoms with E-state index in [0.29, 0.717) is 17.9 Å². The molecule has 2 N–H and O–H groups in total. The largest absolute Gasteiger partial charge is 0.491 e. The van der Waals surface area contributed by atoms with Gasteiger partial charge in [-0.25, -0.2) is 0 Å². The summed E-state index contributed by atoms with van der Waals surface area (Å²) in [5.41, 5.74) is 2.31. The van der Waals surface area contributed by atoms with Crippen LogP contribution in [0.4, 0.5) is 5.69 Å². The molecule has 0 fully saturated rings. The highest BCUT2D eigenvalue weighted by Crippen LogP contribution is 2.19. The molecule has 0 heterocycles. The van der Waals surface area contributed by atoms with Crippen molar-refractivity contribution in [1.82, 2.24) is 5.32 Å². The fraction of sp³-hybridized carbons (Fsp3) is 0.167. The van der Waals surface area contributed by atoms with E-state index < -0.39 is 0 Å². The van der Waals surface area contributed by atoms with Crippen LogP contribution in [-0.2, 0) is 6.61 Å². The van der Waals surface area contributed by atoms with Crippen LogP contribution in [0.15, 0.2) is 78.9 Å². The van der Waals surface area contributed by atoms with Gasteiger partial charge in [0.15, 0.2) is 5.11 Å². The Morgan fingerprint density at radius 2 is 1.67 bits per heavy atom. The molecule has 0 saturated heterocycles. The molecule has 0 unspecified atom stereocenters. The van der Waals surface area contributed by atoms with Gasteiger partial charge in [0.2, 0.25) is 0 Å². The Morgan fingerprint density at radius 1 is 0.933 bits per heavy atom. The third kappa shape index (κ3) is 6.60. The number of thiocarbonyl (C=S) groups is 1. The maximum absolute atomic E-state index is 12.4. The molecule has 0 aromatic heterocycles. The number of rotatable bonds is 7. The molecule has 0 aliphatic rings.